The minimum Gasteiger partial charge on any atom is -0.347 e. The van der Waals surface area contributed by atoms with Gasteiger partial charge in [-0.1, -0.05) is 110 Å². The number of nitrogens with one attached hydrogen (secondary N) is 3. The molecule has 0 spiro atoms. The van der Waals surface area contributed by atoms with Crippen LogP contribution in [0.2, 0.25) is 0 Å². The van der Waals surface area contributed by atoms with Crippen molar-refractivity contribution >= 4 is 67.2 Å². The van der Waals surface area contributed by atoms with Crippen LogP contribution in [0, 0.1) is 23.2 Å². The Kier molecular flexibility index (Phi) is 12.0. The van der Waals surface area contributed by atoms with E-state index in [9.17, 15) is 28.8 Å². The second-order valence-corrected chi connectivity index (χ2v) is 16.9. The lowest BCUT2D eigenvalue weighted by molar-refractivity contribution is -0.146. The van der Waals surface area contributed by atoms with Gasteiger partial charge in [-0.3, -0.25) is 28.8 Å². The summed E-state index contributed by atoms with van der Waals surface area (Å²) in [5, 5.41) is 7.73. The average Bonchev–Trinajstić information content (AvgIpc) is 3.30. The van der Waals surface area contributed by atoms with Crippen LogP contribution in [0.25, 0.3) is 0 Å². The fourth-order valence-corrected chi connectivity index (χ4v) is 7.23. The van der Waals surface area contributed by atoms with E-state index >= 15 is 0 Å². The monoisotopic (exact) mass is 753 g/mol. The fraction of sp³-hybridized carbons (Fsp3) is 0.625. The Hall–Kier alpha value is -2.80. The van der Waals surface area contributed by atoms with Gasteiger partial charge in [-0.05, 0) is 17.4 Å². The Morgan fingerprint density at radius 3 is 2.22 bits per heavy atom. The molecule has 0 aromatic heterocycles. The molecule has 1 aromatic carbocycles. The second kappa shape index (κ2) is 14.7. The number of likely N-dealkylation sites (tertiary alicyclic amines) is 1. The van der Waals surface area contributed by atoms with Crippen LogP contribution in [0.5, 0.6) is 0 Å². The van der Waals surface area contributed by atoms with Crippen LogP contribution < -0.4 is 16.0 Å². The van der Waals surface area contributed by atoms with Gasteiger partial charge in [-0.25, -0.2) is 0 Å². The first-order chi connectivity index (χ1) is 20.9. The molecule has 1 aromatic rings. The molecule has 6 atom stereocenters. The van der Waals surface area contributed by atoms with Crippen molar-refractivity contribution in [3.8, 4) is 0 Å². The van der Waals surface area contributed by atoms with Crippen LogP contribution in [0.4, 0.5) is 0 Å². The lowest BCUT2D eigenvalue weighted by Gasteiger charge is -2.35. The molecule has 1 unspecified atom stereocenters. The highest BCUT2D eigenvalue weighted by Crippen LogP contribution is 2.67. The molecule has 2 fully saturated rings. The molecular weight excluding hydrogens is 710 g/mol. The molecule has 1 aliphatic carbocycles. The van der Waals surface area contributed by atoms with Crippen molar-refractivity contribution in [2.45, 2.75) is 75.2 Å². The molecule has 248 valence electrons. The normalized spacial score (nSPS) is 21.9. The maximum absolute atomic E-state index is 13.8. The fourth-order valence-electron chi connectivity index (χ4n) is 5.50. The number of carbonyl (C=O) groups is 6. The number of alkyl halides is 2. The molecule has 0 bridgehead atoms. The number of piperidine rings is 1. The van der Waals surface area contributed by atoms with Crippen molar-refractivity contribution in [1.29, 1.82) is 0 Å². The van der Waals surface area contributed by atoms with Crippen LogP contribution in [-0.2, 0) is 28.8 Å². The molecular formula is C32H45Br2N5O6. The zero-order valence-corrected chi connectivity index (χ0v) is 30.2. The maximum Gasteiger partial charge on any atom is 0.290 e. The summed E-state index contributed by atoms with van der Waals surface area (Å²) in [7, 11) is 3.14. The van der Waals surface area contributed by atoms with Crippen molar-refractivity contribution in [3.63, 3.8) is 0 Å². The molecule has 1 saturated carbocycles. The third kappa shape index (κ3) is 8.52. The first kappa shape index (κ1) is 36.7. The van der Waals surface area contributed by atoms with Crippen LogP contribution in [0.3, 0.4) is 0 Å². The lowest BCUT2D eigenvalue weighted by Crippen LogP contribution is -2.56. The predicted molar refractivity (Wildman–Crippen MR) is 177 cm³/mol. The van der Waals surface area contributed by atoms with Crippen molar-refractivity contribution in [2.24, 2.45) is 23.2 Å². The SMILES string of the molecule is CCCCC(NC(=O)[C@@H]1[C@@H]2[C@H](CN1C(=O)[C@@H](C)C(C)(C)C)C2(Br)Br)C(=O)C(=O)NCC(=O)N[C@H](C(=O)N(C)C)c1ccccc1. The van der Waals surface area contributed by atoms with Gasteiger partial charge in [0.2, 0.25) is 29.4 Å². The molecule has 3 rings (SSSR count). The van der Waals surface area contributed by atoms with E-state index in [-0.39, 0.29) is 41.4 Å². The lowest BCUT2D eigenvalue weighted by atomic mass is 9.81. The summed E-state index contributed by atoms with van der Waals surface area (Å²) in [5.41, 5.74) is 0.259. The summed E-state index contributed by atoms with van der Waals surface area (Å²) in [6, 6.07) is 5.76. The van der Waals surface area contributed by atoms with Crippen molar-refractivity contribution in [2.75, 3.05) is 27.2 Å². The number of fused-ring (bicyclic) bond motifs is 1. The van der Waals surface area contributed by atoms with E-state index in [1.54, 1.807) is 49.3 Å². The number of hydrogen-bond acceptors (Lipinski definition) is 6. The second-order valence-electron chi connectivity index (χ2n) is 13.2. The Balaban J connectivity index is 1.69. The van der Waals surface area contributed by atoms with Crippen LogP contribution in [0.15, 0.2) is 30.3 Å². The zero-order valence-electron chi connectivity index (χ0n) is 27.0. The molecule has 2 aliphatic rings. The number of carbonyl (C=O) groups excluding carboxylic acids is 6. The summed E-state index contributed by atoms with van der Waals surface area (Å²) in [6.07, 6.45) is 1.50. The van der Waals surface area contributed by atoms with Crippen molar-refractivity contribution < 1.29 is 28.8 Å². The molecule has 5 amide bonds. The smallest absolute Gasteiger partial charge is 0.290 e. The Morgan fingerprint density at radius 1 is 1.04 bits per heavy atom. The number of ketones is 1. The molecule has 13 heteroatoms. The summed E-state index contributed by atoms with van der Waals surface area (Å²) < 4.78 is -0.483. The molecule has 0 radical (unpaired) electrons. The van der Waals surface area contributed by atoms with Crippen LogP contribution in [0.1, 0.15) is 65.5 Å². The quantitative estimate of drug-likeness (QED) is 0.209. The third-order valence-corrected chi connectivity index (χ3v) is 11.0. The van der Waals surface area contributed by atoms with Crippen molar-refractivity contribution in [3.05, 3.63) is 35.9 Å². The molecule has 11 nitrogen and oxygen atoms in total. The van der Waals surface area contributed by atoms with Gasteiger partial charge in [-0.15, -0.1) is 0 Å². The highest BCUT2D eigenvalue weighted by Gasteiger charge is 2.73. The highest BCUT2D eigenvalue weighted by molar-refractivity contribution is 9.25. The summed E-state index contributed by atoms with van der Waals surface area (Å²) in [4.78, 5) is 82.0. The zero-order chi connectivity index (χ0) is 33.9. The topological polar surface area (TPSA) is 145 Å². The Labute approximate surface area is 282 Å². The van der Waals surface area contributed by atoms with E-state index in [0.717, 1.165) is 6.42 Å². The summed E-state index contributed by atoms with van der Waals surface area (Å²) in [5.74, 6) is -4.07. The maximum atomic E-state index is 13.8. The van der Waals surface area contributed by atoms with E-state index in [4.69, 9.17) is 0 Å². The number of benzene rings is 1. The van der Waals surface area contributed by atoms with E-state index in [0.29, 0.717) is 18.5 Å². The molecule has 45 heavy (non-hydrogen) atoms. The van der Waals surface area contributed by atoms with Crippen molar-refractivity contribution in [1.82, 2.24) is 25.8 Å². The van der Waals surface area contributed by atoms with Gasteiger partial charge in [0.15, 0.2) is 0 Å². The van der Waals surface area contributed by atoms with Gasteiger partial charge in [0.25, 0.3) is 5.91 Å². The minimum absolute atomic E-state index is 0.0232. The Bertz CT molecular complexity index is 1300. The van der Waals surface area contributed by atoms with E-state index in [1.165, 1.54) is 4.90 Å². The predicted octanol–water partition coefficient (Wildman–Crippen LogP) is 2.92. The molecule has 3 N–H and O–H groups in total. The number of rotatable bonds is 13. The summed E-state index contributed by atoms with van der Waals surface area (Å²) >= 11 is 7.28. The molecule has 1 saturated heterocycles. The van der Waals surface area contributed by atoms with Gasteiger partial charge in [0.05, 0.1) is 15.8 Å². The number of likely N-dealkylation sites (N-methyl/N-ethyl adjacent to an activating group) is 1. The van der Waals surface area contributed by atoms with Crippen LogP contribution >= 0.6 is 31.9 Å². The third-order valence-electron chi connectivity index (χ3n) is 8.79. The summed E-state index contributed by atoms with van der Waals surface area (Å²) in [6.45, 7) is 9.54. The number of nitrogens with zero attached hydrogens (tertiary/aromatic N) is 2. The minimum atomic E-state index is -1.14. The largest absolute Gasteiger partial charge is 0.347 e. The number of unbranched alkanes of at least 4 members (excludes halogenated alkanes) is 1. The first-order valence-corrected chi connectivity index (χ1v) is 16.9. The van der Waals surface area contributed by atoms with E-state index < -0.39 is 51.4 Å². The Morgan fingerprint density at radius 2 is 1.67 bits per heavy atom. The van der Waals surface area contributed by atoms with Gasteiger partial charge in [0, 0.05) is 38.4 Å². The van der Waals surface area contributed by atoms with E-state index in [1.807, 2.05) is 34.6 Å². The number of Topliss-reactive ketones (excluding diaryl/α,β-unsaturated/α-hetero) is 1. The van der Waals surface area contributed by atoms with E-state index in [2.05, 4.69) is 47.8 Å². The number of hydrogen-bond donors (Lipinski definition) is 3. The van der Waals surface area contributed by atoms with Gasteiger partial charge < -0.3 is 25.8 Å². The number of halogens is 2. The first-order valence-electron chi connectivity index (χ1n) is 15.3. The highest BCUT2D eigenvalue weighted by atomic mass is 79.9. The standard InChI is InChI=1S/C32H45Br2N5O6/c1-8-9-15-21(36-27(42)25-23-20(32(23,33)34)17-39(25)29(44)18(2)31(3,4)5)26(41)28(43)35-16-22(40)37-24(30(45)38(6)7)19-13-11-10-12-14-19/h10-14,18,20-21,23-25H,8-9,15-17H2,1-7H3,(H,35,43)(H,36,42)(H,37,40)/t18-,20+,21?,23+,24+,25+/m1/s1. The molecule has 1 heterocycles. The van der Waals surface area contributed by atoms with Crippen LogP contribution in [-0.4, -0.2) is 87.6 Å². The van der Waals surface area contributed by atoms with Gasteiger partial charge in [-0.2, -0.15) is 0 Å². The molecule has 1 aliphatic heterocycles. The number of amides is 5. The van der Waals surface area contributed by atoms with Gasteiger partial charge >= 0.3 is 0 Å². The average molecular weight is 756 g/mol. The van der Waals surface area contributed by atoms with Gasteiger partial charge in [0.1, 0.15) is 12.1 Å².